The molecular weight excluding hydrogens is 208 g/mol. The van der Waals surface area contributed by atoms with Crippen molar-refractivity contribution >= 4 is 12.2 Å². The second-order valence-electron chi connectivity index (χ2n) is 3.17. The second-order valence-corrected chi connectivity index (χ2v) is 3.17. The van der Waals surface area contributed by atoms with E-state index in [4.69, 9.17) is 10.8 Å². The minimum Gasteiger partial charge on any atom is -0.379 e. The van der Waals surface area contributed by atoms with E-state index in [9.17, 15) is 4.79 Å². The maximum Gasteiger partial charge on any atom is 0.221 e. The summed E-state index contributed by atoms with van der Waals surface area (Å²) in [5, 5.41) is 15.0. The van der Waals surface area contributed by atoms with Crippen LogP contribution >= 0.6 is 0 Å². The molecule has 0 heterocycles. The minimum atomic E-state index is -0.450. The highest BCUT2D eigenvalue weighted by molar-refractivity contribution is 5.75. The Balaban J connectivity index is 3.34. The molecule has 0 saturated carbocycles. The van der Waals surface area contributed by atoms with Crippen molar-refractivity contribution < 1.29 is 9.90 Å². The number of carbonyl (C=O) groups is 1. The van der Waals surface area contributed by atoms with Gasteiger partial charge in [-0.25, -0.2) is 4.99 Å². The lowest BCUT2D eigenvalue weighted by Crippen LogP contribution is -2.34. The summed E-state index contributed by atoms with van der Waals surface area (Å²) >= 11 is 0. The van der Waals surface area contributed by atoms with Crippen LogP contribution < -0.4 is 16.4 Å². The van der Waals surface area contributed by atoms with Crippen LogP contribution in [-0.4, -0.2) is 36.7 Å². The zero-order valence-electron chi connectivity index (χ0n) is 9.52. The number of carbonyl (C=O) groups excluding carboxylic acids is 1. The van der Waals surface area contributed by atoms with Gasteiger partial charge in [-0.05, 0) is 6.42 Å². The summed E-state index contributed by atoms with van der Waals surface area (Å²) < 4.78 is 0. The Morgan fingerprint density at radius 3 is 2.94 bits per heavy atom. The molecule has 0 saturated heterocycles. The van der Waals surface area contributed by atoms with Gasteiger partial charge in [0.15, 0.2) is 0 Å². The van der Waals surface area contributed by atoms with Gasteiger partial charge in [-0.3, -0.25) is 10.1 Å². The molecule has 0 aliphatic rings. The third-order valence-electron chi connectivity index (χ3n) is 1.71. The average molecular weight is 228 g/mol. The van der Waals surface area contributed by atoms with Gasteiger partial charge in [0, 0.05) is 25.7 Å². The lowest BCUT2D eigenvalue weighted by molar-refractivity contribution is -0.117. The molecule has 0 bridgehead atoms. The number of aliphatic hydroxyl groups excluding tert-OH is 1. The maximum absolute atomic E-state index is 10.3. The van der Waals surface area contributed by atoms with Gasteiger partial charge in [0.25, 0.3) is 0 Å². The lowest BCUT2D eigenvalue weighted by atomic mass is 10.4. The Labute approximate surface area is 95.6 Å². The Kier molecular flexibility index (Phi) is 9.24. The maximum atomic E-state index is 10.3. The molecule has 16 heavy (non-hydrogen) atoms. The summed E-state index contributed by atoms with van der Waals surface area (Å²) in [6.07, 6.45) is 5.04. The van der Waals surface area contributed by atoms with E-state index in [1.165, 1.54) is 12.5 Å². The standard InChI is InChI=1S/C10H20N4O2/c1-2-10(16)14-7-6-13-8-12-5-3-4-9(11)15/h3,5,8,10,14,16H,2,4,6-7H2,1H3,(H2,11,15)(H,12,13)/b5-3-. The molecule has 92 valence electrons. The highest BCUT2D eigenvalue weighted by Crippen LogP contribution is 1.81. The van der Waals surface area contributed by atoms with Crippen LogP contribution in [0.2, 0.25) is 0 Å². The van der Waals surface area contributed by atoms with Gasteiger partial charge >= 0.3 is 0 Å². The number of amides is 1. The topological polar surface area (TPSA) is 99.7 Å². The Hall–Kier alpha value is -1.40. The van der Waals surface area contributed by atoms with Gasteiger partial charge in [-0.2, -0.15) is 0 Å². The van der Waals surface area contributed by atoms with Crippen LogP contribution in [0.5, 0.6) is 0 Å². The van der Waals surface area contributed by atoms with Crippen molar-refractivity contribution in [2.24, 2.45) is 10.7 Å². The number of rotatable bonds is 9. The van der Waals surface area contributed by atoms with Gasteiger partial charge < -0.3 is 16.2 Å². The molecule has 6 heteroatoms. The van der Waals surface area contributed by atoms with Crippen LogP contribution in [0.15, 0.2) is 17.3 Å². The predicted molar refractivity (Wildman–Crippen MR) is 63.7 cm³/mol. The molecule has 0 aliphatic heterocycles. The first-order chi connectivity index (χ1) is 7.66. The molecule has 0 aromatic carbocycles. The summed E-state index contributed by atoms with van der Waals surface area (Å²) in [6.45, 7) is 3.23. The molecule has 0 spiro atoms. The Bertz CT molecular complexity index is 241. The van der Waals surface area contributed by atoms with Crippen molar-refractivity contribution in [2.75, 3.05) is 13.1 Å². The lowest BCUT2D eigenvalue weighted by Gasteiger charge is -2.09. The summed E-state index contributed by atoms with van der Waals surface area (Å²) in [4.78, 5) is 14.2. The van der Waals surface area contributed by atoms with E-state index < -0.39 is 6.23 Å². The predicted octanol–water partition coefficient (Wildman–Crippen LogP) is -0.689. The minimum absolute atomic E-state index is 0.196. The molecule has 0 aromatic rings. The third-order valence-corrected chi connectivity index (χ3v) is 1.71. The van der Waals surface area contributed by atoms with Gasteiger partial charge in [-0.1, -0.05) is 13.0 Å². The molecule has 1 unspecified atom stereocenters. The molecule has 0 rings (SSSR count). The number of aliphatic imine (C=N–C) groups is 1. The molecule has 5 N–H and O–H groups in total. The van der Waals surface area contributed by atoms with Crippen LogP contribution in [0.3, 0.4) is 0 Å². The number of aliphatic hydroxyl groups is 1. The molecular formula is C10H20N4O2. The van der Waals surface area contributed by atoms with Crippen LogP contribution in [-0.2, 0) is 4.79 Å². The summed E-state index contributed by atoms with van der Waals surface area (Å²) in [5.41, 5.74) is 4.92. The quantitative estimate of drug-likeness (QED) is 0.182. The summed E-state index contributed by atoms with van der Waals surface area (Å²) in [5.74, 6) is -0.378. The molecule has 0 aromatic heterocycles. The number of nitrogens with one attached hydrogen (secondary N) is 2. The van der Waals surface area contributed by atoms with E-state index in [2.05, 4.69) is 15.6 Å². The molecule has 0 fully saturated rings. The van der Waals surface area contributed by atoms with Gasteiger partial charge in [0.1, 0.15) is 6.23 Å². The van der Waals surface area contributed by atoms with Gasteiger partial charge in [0.2, 0.25) is 5.91 Å². The zero-order valence-corrected chi connectivity index (χ0v) is 9.52. The average Bonchev–Trinajstić information content (AvgIpc) is 2.26. The van der Waals surface area contributed by atoms with Crippen molar-refractivity contribution in [3.8, 4) is 0 Å². The number of primary amides is 1. The molecule has 1 amide bonds. The first-order valence-electron chi connectivity index (χ1n) is 5.26. The zero-order chi connectivity index (χ0) is 12.2. The van der Waals surface area contributed by atoms with Crippen LogP contribution in [0.1, 0.15) is 19.8 Å². The molecule has 0 aliphatic carbocycles. The fourth-order valence-corrected chi connectivity index (χ4v) is 0.845. The van der Waals surface area contributed by atoms with E-state index in [1.54, 1.807) is 6.08 Å². The van der Waals surface area contributed by atoms with Crippen LogP contribution in [0.4, 0.5) is 0 Å². The first kappa shape index (κ1) is 14.6. The van der Waals surface area contributed by atoms with Crippen LogP contribution in [0, 0.1) is 0 Å². The highest BCUT2D eigenvalue weighted by Gasteiger charge is 1.95. The number of nitrogens with two attached hydrogens (primary N) is 1. The SMILES string of the molecule is CCC(O)NCCN/C=N/C=C\CC(N)=O. The first-order valence-corrected chi connectivity index (χ1v) is 5.26. The smallest absolute Gasteiger partial charge is 0.221 e. The number of hydrogen-bond acceptors (Lipinski definition) is 4. The second kappa shape index (κ2) is 10.1. The summed E-state index contributed by atoms with van der Waals surface area (Å²) in [6, 6.07) is 0. The Morgan fingerprint density at radius 2 is 2.31 bits per heavy atom. The fourth-order valence-electron chi connectivity index (χ4n) is 0.845. The van der Waals surface area contributed by atoms with Crippen molar-refractivity contribution in [1.82, 2.24) is 10.6 Å². The van der Waals surface area contributed by atoms with E-state index in [-0.39, 0.29) is 12.3 Å². The normalized spacial score (nSPS) is 13.4. The molecule has 6 nitrogen and oxygen atoms in total. The number of hydrogen-bond donors (Lipinski definition) is 4. The monoisotopic (exact) mass is 228 g/mol. The van der Waals surface area contributed by atoms with E-state index in [0.717, 1.165) is 0 Å². The van der Waals surface area contributed by atoms with Crippen molar-refractivity contribution in [3.05, 3.63) is 12.3 Å². The van der Waals surface area contributed by atoms with E-state index in [0.29, 0.717) is 19.5 Å². The number of nitrogens with zero attached hydrogens (tertiary/aromatic N) is 1. The van der Waals surface area contributed by atoms with Crippen molar-refractivity contribution in [3.63, 3.8) is 0 Å². The fraction of sp³-hybridized carbons (Fsp3) is 0.600. The van der Waals surface area contributed by atoms with E-state index in [1.807, 2.05) is 6.92 Å². The Morgan fingerprint density at radius 1 is 1.56 bits per heavy atom. The van der Waals surface area contributed by atoms with Crippen LogP contribution in [0.25, 0.3) is 0 Å². The highest BCUT2D eigenvalue weighted by atomic mass is 16.3. The molecule has 1 atom stereocenters. The van der Waals surface area contributed by atoms with Crippen molar-refractivity contribution in [2.45, 2.75) is 26.0 Å². The largest absolute Gasteiger partial charge is 0.379 e. The van der Waals surface area contributed by atoms with Crippen molar-refractivity contribution in [1.29, 1.82) is 0 Å². The third kappa shape index (κ3) is 10.7. The van der Waals surface area contributed by atoms with E-state index >= 15 is 0 Å². The summed E-state index contributed by atoms with van der Waals surface area (Å²) in [7, 11) is 0. The van der Waals surface area contributed by atoms with Gasteiger partial charge in [0.05, 0.1) is 6.34 Å². The molecule has 0 radical (unpaired) electrons. The van der Waals surface area contributed by atoms with Gasteiger partial charge in [-0.15, -0.1) is 0 Å².